The van der Waals surface area contributed by atoms with Crippen molar-refractivity contribution in [2.75, 3.05) is 6.54 Å². The highest BCUT2D eigenvalue weighted by Gasteiger charge is 2.22. The van der Waals surface area contributed by atoms with E-state index in [9.17, 15) is 9.59 Å². The molecule has 1 aromatic carbocycles. The fourth-order valence-corrected chi connectivity index (χ4v) is 1.96. The number of hydrogen-bond acceptors (Lipinski definition) is 2. The summed E-state index contributed by atoms with van der Waals surface area (Å²) >= 11 is 0. The molecule has 1 atom stereocenters. The van der Waals surface area contributed by atoms with Gasteiger partial charge in [-0.05, 0) is 30.4 Å². The van der Waals surface area contributed by atoms with Gasteiger partial charge in [-0.2, -0.15) is 0 Å². The van der Waals surface area contributed by atoms with Crippen LogP contribution in [0.5, 0.6) is 0 Å². The van der Waals surface area contributed by atoms with Gasteiger partial charge >= 0.3 is 0 Å². The lowest BCUT2D eigenvalue weighted by atomic mass is 10.0. The van der Waals surface area contributed by atoms with Crippen molar-refractivity contribution in [3.05, 3.63) is 35.9 Å². The summed E-state index contributed by atoms with van der Waals surface area (Å²) in [7, 11) is 0. The first-order chi connectivity index (χ1) is 9.90. The van der Waals surface area contributed by atoms with E-state index in [0.29, 0.717) is 30.4 Å². The molecule has 0 fully saturated rings. The van der Waals surface area contributed by atoms with Crippen molar-refractivity contribution in [2.45, 2.75) is 40.2 Å². The lowest BCUT2D eigenvalue weighted by Crippen LogP contribution is -2.48. The molecule has 0 heterocycles. The predicted octanol–water partition coefficient (Wildman–Crippen LogP) is 2.60. The molecular formula is C17H26N2O2. The molecule has 1 aromatic rings. The van der Waals surface area contributed by atoms with E-state index in [2.05, 4.69) is 10.6 Å². The molecule has 2 N–H and O–H groups in total. The molecule has 0 aliphatic rings. The lowest BCUT2D eigenvalue weighted by Gasteiger charge is -2.21. The Morgan fingerprint density at radius 3 is 2.14 bits per heavy atom. The molecular weight excluding hydrogens is 264 g/mol. The minimum Gasteiger partial charge on any atom is -0.354 e. The highest BCUT2D eigenvalue weighted by Crippen LogP contribution is 2.07. The largest absolute Gasteiger partial charge is 0.354 e. The maximum absolute atomic E-state index is 12.2. The van der Waals surface area contributed by atoms with Crippen molar-refractivity contribution in [3.8, 4) is 0 Å². The summed E-state index contributed by atoms with van der Waals surface area (Å²) in [5, 5.41) is 5.73. The van der Waals surface area contributed by atoms with E-state index in [1.165, 1.54) is 0 Å². The van der Waals surface area contributed by atoms with E-state index >= 15 is 0 Å². The minimum atomic E-state index is -0.489. The van der Waals surface area contributed by atoms with Crippen LogP contribution in [0.2, 0.25) is 0 Å². The molecule has 116 valence electrons. The lowest BCUT2D eigenvalue weighted by molar-refractivity contribution is -0.123. The Balaban J connectivity index is 2.69. The number of amides is 2. The molecule has 0 radical (unpaired) electrons. The van der Waals surface area contributed by atoms with Crippen LogP contribution in [0.1, 0.15) is 44.5 Å². The molecule has 4 heteroatoms. The van der Waals surface area contributed by atoms with Crippen LogP contribution in [0.4, 0.5) is 0 Å². The van der Waals surface area contributed by atoms with Crippen LogP contribution in [-0.2, 0) is 4.79 Å². The number of rotatable bonds is 7. The summed E-state index contributed by atoms with van der Waals surface area (Å²) in [6.07, 6.45) is 0.627. The molecule has 0 aromatic heterocycles. The van der Waals surface area contributed by atoms with E-state index in [-0.39, 0.29) is 11.8 Å². The van der Waals surface area contributed by atoms with Gasteiger partial charge in [0.2, 0.25) is 5.91 Å². The first-order valence-electron chi connectivity index (χ1n) is 7.53. The van der Waals surface area contributed by atoms with Gasteiger partial charge in [-0.3, -0.25) is 9.59 Å². The zero-order chi connectivity index (χ0) is 15.8. The topological polar surface area (TPSA) is 58.2 Å². The van der Waals surface area contributed by atoms with Gasteiger partial charge in [0.15, 0.2) is 0 Å². The zero-order valence-electron chi connectivity index (χ0n) is 13.3. The van der Waals surface area contributed by atoms with E-state index < -0.39 is 6.04 Å². The number of nitrogens with one attached hydrogen (secondary N) is 2. The maximum Gasteiger partial charge on any atom is 0.251 e. The van der Waals surface area contributed by atoms with Crippen LogP contribution in [0.3, 0.4) is 0 Å². The van der Waals surface area contributed by atoms with Crippen molar-refractivity contribution in [1.29, 1.82) is 0 Å². The summed E-state index contributed by atoms with van der Waals surface area (Å²) in [6.45, 7) is 8.78. The van der Waals surface area contributed by atoms with Crippen molar-refractivity contribution < 1.29 is 9.59 Å². The number of carbonyl (C=O) groups excluding carboxylic acids is 2. The van der Waals surface area contributed by atoms with Crippen LogP contribution in [0.15, 0.2) is 30.3 Å². The van der Waals surface area contributed by atoms with Gasteiger partial charge < -0.3 is 10.6 Å². The highest BCUT2D eigenvalue weighted by molar-refractivity contribution is 5.97. The Hall–Kier alpha value is -1.84. The van der Waals surface area contributed by atoms with E-state index in [4.69, 9.17) is 0 Å². The summed E-state index contributed by atoms with van der Waals surface area (Å²) < 4.78 is 0. The Morgan fingerprint density at radius 1 is 1.00 bits per heavy atom. The highest BCUT2D eigenvalue weighted by atomic mass is 16.2. The molecule has 0 saturated carbocycles. The van der Waals surface area contributed by atoms with E-state index in [1.54, 1.807) is 12.1 Å². The first kappa shape index (κ1) is 17.2. The molecule has 0 spiro atoms. The SMILES string of the molecule is CC(C)CNC(=O)[C@H](CC(C)C)NC(=O)c1ccccc1. The molecule has 2 amide bonds. The summed E-state index contributed by atoms with van der Waals surface area (Å²) in [6, 6.07) is 8.48. The standard InChI is InChI=1S/C17H26N2O2/c1-12(2)10-15(17(21)18-11-13(3)4)19-16(20)14-8-6-5-7-9-14/h5-9,12-13,15H,10-11H2,1-4H3,(H,18,21)(H,19,20)/t15-/m0/s1. The molecule has 0 unspecified atom stereocenters. The minimum absolute atomic E-state index is 0.110. The number of hydrogen-bond donors (Lipinski definition) is 2. The van der Waals surface area contributed by atoms with Crippen molar-refractivity contribution >= 4 is 11.8 Å². The van der Waals surface area contributed by atoms with Crippen LogP contribution in [-0.4, -0.2) is 24.4 Å². The zero-order valence-corrected chi connectivity index (χ0v) is 13.3. The van der Waals surface area contributed by atoms with Crippen LogP contribution < -0.4 is 10.6 Å². The van der Waals surface area contributed by atoms with Gasteiger partial charge in [0, 0.05) is 12.1 Å². The first-order valence-corrected chi connectivity index (χ1v) is 7.53. The van der Waals surface area contributed by atoms with Crippen LogP contribution in [0, 0.1) is 11.8 Å². The van der Waals surface area contributed by atoms with Crippen molar-refractivity contribution in [2.24, 2.45) is 11.8 Å². The van der Waals surface area contributed by atoms with Gasteiger partial charge in [0.1, 0.15) is 6.04 Å². The van der Waals surface area contributed by atoms with E-state index in [1.807, 2.05) is 45.9 Å². The molecule has 0 saturated heterocycles. The average molecular weight is 290 g/mol. The Labute approximate surface area is 127 Å². The molecule has 0 bridgehead atoms. The van der Waals surface area contributed by atoms with E-state index in [0.717, 1.165) is 0 Å². The maximum atomic E-state index is 12.2. The third-order valence-electron chi connectivity index (χ3n) is 3.05. The van der Waals surface area contributed by atoms with Gasteiger partial charge in [-0.1, -0.05) is 45.9 Å². The van der Waals surface area contributed by atoms with Gasteiger partial charge in [0.25, 0.3) is 5.91 Å². The summed E-state index contributed by atoms with van der Waals surface area (Å²) in [5.41, 5.74) is 0.572. The Bertz CT molecular complexity index is 455. The third-order valence-corrected chi connectivity index (χ3v) is 3.05. The average Bonchev–Trinajstić information content (AvgIpc) is 2.44. The molecule has 1 rings (SSSR count). The normalized spacial score (nSPS) is 12.3. The summed E-state index contributed by atoms with van der Waals surface area (Å²) in [5.74, 6) is 0.400. The molecule has 21 heavy (non-hydrogen) atoms. The second kappa shape index (κ2) is 8.45. The fraction of sp³-hybridized carbons (Fsp3) is 0.529. The van der Waals surface area contributed by atoms with Crippen LogP contribution in [0.25, 0.3) is 0 Å². The fourth-order valence-electron chi connectivity index (χ4n) is 1.96. The summed E-state index contributed by atoms with van der Waals surface area (Å²) in [4.78, 5) is 24.4. The van der Waals surface area contributed by atoms with Gasteiger partial charge in [-0.15, -0.1) is 0 Å². The predicted molar refractivity (Wildman–Crippen MR) is 85.0 cm³/mol. The van der Waals surface area contributed by atoms with Gasteiger partial charge in [0.05, 0.1) is 0 Å². The van der Waals surface area contributed by atoms with Crippen molar-refractivity contribution in [1.82, 2.24) is 10.6 Å². The number of carbonyl (C=O) groups is 2. The van der Waals surface area contributed by atoms with Crippen LogP contribution >= 0.6 is 0 Å². The third kappa shape index (κ3) is 6.43. The Morgan fingerprint density at radius 2 is 1.62 bits per heavy atom. The Kier molecular flexibility index (Phi) is 6.92. The van der Waals surface area contributed by atoms with Crippen molar-refractivity contribution in [3.63, 3.8) is 0 Å². The smallest absolute Gasteiger partial charge is 0.251 e. The second-order valence-electron chi connectivity index (χ2n) is 6.16. The number of benzene rings is 1. The van der Waals surface area contributed by atoms with Gasteiger partial charge in [-0.25, -0.2) is 0 Å². The monoisotopic (exact) mass is 290 g/mol. The second-order valence-corrected chi connectivity index (χ2v) is 6.16. The quantitative estimate of drug-likeness (QED) is 0.811. The molecule has 0 aliphatic carbocycles. The molecule has 0 aliphatic heterocycles. The molecule has 4 nitrogen and oxygen atoms in total.